The van der Waals surface area contributed by atoms with Crippen LogP contribution in [-0.2, 0) is 17.6 Å². The van der Waals surface area contributed by atoms with Gasteiger partial charge in [0.15, 0.2) is 0 Å². The number of hydrogen-bond acceptors (Lipinski definition) is 6. The molecule has 1 aliphatic carbocycles. The lowest BCUT2D eigenvalue weighted by Crippen LogP contribution is -2.45. The number of anilines is 1. The molecule has 1 aliphatic heterocycles. The van der Waals surface area contributed by atoms with Crippen molar-refractivity contribution in [2.75, 3.05) is 25.1 Å². The number of aromatic nitrogens is 2. The van der Waals surface area contributed by atoms with Gasteiger partial charge in [0.25, 0.3) is 5.91 Å². The van der Waals surface area contributed by atoms with E-state index >= 15 is 0 Å². The average Bonchev–Trinajstić information content (AvgIpc) is 2.79. The molecule has 29 heavy (non-hydrogen) atoms. The van der Waals surface area contributed by atoms with Crippen molar-refractivity contribution in [2.45, 2.75) is 44.6 Å². The van der Waals surface area contributed by atoms with Gasteiger partial charge in [0.2, 0.25) is 0 Å². The maximum Gasteiger partial charge on any atom is 0.337 e. The number of hydrogen-bond donors (Lipinski definition) is 1. The number of aryl methyl sites for hydroxylation is 1. The van der Waals surface area contributed by atoms with Gasteiger partial charge in [0.1, 0.15) is 12.1 Å². The second kappa shape index (κ2) is 8.59. The summed E-state index contributed by atoms with van der Waals surface area (Å²) >= 11 is 0. The second-order valence-electron chi connectivity index (χ2n) is 7.63. The highest BCUT2D eigenvalue weighted by molar-refractivity contribution is 5.96. The van der Waals surface area contributed by atoms with Crippen molar-refractivity contribution < 1.29 is 14.3 Å². The van der Waals surface area contributed by atoms with Crippen LogP contribution in [-0.4, -0.2) is 48.1 Å². The summed E-state index contributed by atoms with van der Waals surface area (Å²) in [7, 11) is 1.34. The monoisotopic (exact) mass is 394 g/mol. The van der Waals surface area contributed by atoms with Crippen molar-refractivity contribution in [2.24, 2.45) is 0 Å². The van der Waals surface area contributed by atoms with Gasteiger partial charge in [-0.1, -0.05) is 0 Å². The zero-order chi connectivity index (χ0) is 20.2. The van der Waals surface area contributed by atoms with Crippen LogP contribution in [0.3, 0.4) is 0 Å². The van der Waals surface area contributed by atoms with Gasteiger partial charge in [-0.3, -0.25) is 4.79 Å². The predicted molar refractivity (Wildman–Crippen MR) is 109 cm³/mol. The van der Waals surface area contributed by atoms with E-state index in [1.165, 1.54) is 31.2 Å². The van der Waals surface area contributed by atoms with Crippen LogP contribution in [0.25, 0.3) is 0 Å². The van der Waals surface area contributed by atoms with Crippen LogP contribution in [0.4, 0.5) is 5.82 Å². The van der Waals surface area contributed by atoms with Gasteiger partial charge in [-0.15, -0.1) is 0 Å². The number of piperidine rings is 1. The molecule has 1 fully saturated rings. The Kier molecular flexibility index (Phi) is 5.74. The van der Waals surface area contributed by atoms with E-state index in [1.807, 2.05) is 0 Å². The Morgan fingerprint density at radius 3 is 2.45 bits per heavy atom. The Morgan fingerprint density at radius 1 is 1.03 bits per heavy atom. The normalized spacial score (nSPS) is 16.8. The molecule has 0 bridgehead atoms. The number of nitrogens with one attached hydrogen (secondary N) is 1. The third kappa shape index (κ3) is 4.23. The van der Waals surface area contributed by atoms with E-state index in [2.05, 4.69) is 24.9 Å². The summed E-state index contributed by atoms with van der Waals surface area (Å²) in [5.74, 6) is 0.563. The third-order valence-corrected chi connectivity index (χ3v) is 5.80. The number of esters is 1. The molecule has 152 valence electrons. The molecule has 1 N–H and O–H groups in total. The highest BCUT2D eigenvalue weighted by Crippen LogP contribution is 2.28. The topological polar surface area (TPSA) is 84.4 Å². The van der Waals surface area contributed by atoms with Gasteiger partial charge < -0.3 is 15.0 Å². The van der Waals surface area contributed by atoms with E-state index < -0.39 is 5.97 Å². The minimum absolute atomic E-state index is 0.112. The first-order chi connectivity index (χ1) is 14.2. The van der Waals surface area contributed by atoms with Crippen molar-refractivity contribution in [3.63, 3.8) is 0 Å². The van der Waals surface area contributed by atoms with Gasteiger partial charge in [-0.25, -0.2) is 14.8 Å². The molecule has 2 aliphatic rings. The van der Waals surface area contributed by atoms with Crippen LogP contribution in [0.2, 0.25) is 0 Å². The number of methoxy groups -OCH3 is 1. The van der Waals surface area contributed by atoms with Gasteiger partial charge in [-0.05, 0) is 62.8 Å². The van der Waals surface area contributed by atoms with Crippen molar-refractivity contribution in [3.8, 4) is 0 Å². The van der Waals surface area contributed by atoms with E-state index in [0.29, 0.717) is 11.1 Å². The fraction of sp³-hybridized carbons (Fsp3) is 0.455. The Hall–Kier alpha value is -2.96. The van der Waals surface area contributed by atoms with Crippen molar-refractivity contribution >= 4 is 17.7 Å². The second-order valence-corrected chi connectivity index (χ2v) is 7.63. The van der Waals surface area contributed by atoms with Crippen LogP contribution >= 0.6 is 0 Å². The molecule has 1 saturated heterocycles. The highest BCUT2D eigenvalue weighted by Gasteiger charge is 2.25. The zero-order valence-corrected chi connectivity index (χ0v) is 16.7. The molecule has 2 heterocycles. The van der Waals surface area contributed by atoms with E-state index in [9.17, 15) is 9.59 Å². The fourth-order valence-corrected chi connectivity index (χ4v) is 4.16. The number of rotatable bonds is 4. The largest absolute Gasteiger partial charge is 0.465 e. The number of carbonyl (C=O) groups is 2. The van der Waals surface area contributed by atoms with Crippen LogP contribution in [0.1, 0.15) is 57.7 Å². The van der Waals surface area contributed by atoms with E-state index in [-0.39, 0.29) is 11.9 Å². The van der Waals surface area contributed by atoms with Crippen molar-refractivity contribution in [1.29, 1.82) is 0 Å². The minimum atomic E-state index is -0.406. The predicted octanol–water partition coefficient (Wildman–Crippen LogP) is 2.54. The lowest BCUT2D eigenvalue weighted by atomic mass is 9.95. The van der Waals surface area contributed by atoms with E-state index in [0.717, 1.165) is 44.6 Å². The summed E-state index contributed by atoms with van der Waals surface area (Å²) in [6.07, 6.45) is 7.96. The first-order valence-corrected chi connectivity index (χ1v) is 10.2. The molecular formula is C22H26N4O3. The number of amides is 1. The summed E-state index contributed by atoms with van der Waals surface area (Å²) in [6, 6.07) is 6.67. The molecular weight excluding hydrogens is 368 g/mol. The molecule has 7 nitrogen and oxygen atoms in total. The summed E-state index contributed by atoms with van der Waals surface area (Å²) in [5.41, 5.74) is 3.49. The molecule has 0 saturated carbocycles. The third-order valence-electron chi connectivity index (χ3n) is 5.80. The summed E-state index contributed by atoms with van der Waals surface area (Å²) in [4.78, 5) is 35.4. The molecule has 0 unspecified atom stereocenters. The van der Waals surface area contributed by atoms with Crippen LogP contribution in [0.15, 0.2) is 30.6 Å². The van der Waals surface area contributed by atoms with Crippen molar-refractivity contribution in [3.05, 3.63) is 53.0 Å². The first kappa shape index (κ1) is 19.4. The smallest absolute Gasteiger partial charge is 0.337 e. The van der Waals surface area contributed by atoms with Crippen LogP contribution < -0.4 is 10.2 Å². The van der Waals surface area contributed by atoms with Gasteiger partial charge in [-0.2, -0.15) is 0 Å². The maximum atomic E-state index is 12.5. The van der Waals surface area contributed by atoms with Gasteiger partial charge >= 0.3 is 5.97 Å². The van der Waals surface area contributed by atoms with Crippen LogP contribution in [0, 0.1) is 0 Å². The zero-order valence-electron chi connectivity index (χ0n) is 16.7. The Morgan fingerprint density at radius 2 is 1.72 bits per heavy atom. The molecule has 1 aromatic carbocycles. The van der Waals surface area contributed by atoms with E-state index in [1.54, 1.807) is 30.6 Å². The van der Waals surface area contributed by atoms with Gasteiger partial charge in [0, 0.05) is 36.0 Å². The molecule has 0 spiro atoms. The van der Waals surface area contributed by atoms with Crippen molar-refractivity contribution in [1.82, 2.24) is 15.3 Å². The quantitative estimate of drug-likeness (QED) is 0.803. The highest BCUT2D eigenvalue weighted by atomic mass is 16.5. The number of benzene rings is 1. The number of nitrogens with zero attached hydrogens (tertiary/aromatic N) is 3. The summed E-state index contributed by atoms with van der Waals surface area (Å²) in [5, 5.41) is 3.12. The maximum absolute atomic E-state index is 12.5. The lowest BCUT2D eigenvalue weighted by Gasteiger charge is -2.35. The Labute approximate surface area is 170 Å². The SMILES string of the molecule is COC(=O)c1ccc(C(=O)NC2CCN(c3ncnc4c3CCCC4)CC2)cc1. The molecule has 1 aromatic heterocycles. The molecule has 7 heteroatoms. The minimum Gasteiger partial charge on any atom is -0.465 e. The number of ether oxygens (including phenoxy) is 1. The standard InChI is InChI=1S/C22H26N4O3/c1-29-22(28)16-8-6-15(7-9-16)21(27)25-17-10-12-26(13-11-17)20-18-4-2-3-5-19(18)23-14-24-20/h6-9,14,17H,2-5,10-13H2,1H3,(H,25,27). The summed E-state index contributed by atoms with van der Waals surface area (Å²) < 4.78 is 4.69. The molecule has 0 atom stereocenters. The number of carbonyl (C=O) groups excluding carboxylic acids is 2. The first-order valence-electron chi connectivity index (χ1n) is 10.2. The molecule has 4 rings (SSSR count). The Bertz CT molecular complexity index is 889. The summed E-state index contributed by atoms with van der Waals surface area (Å²) in [6.45, 7) is 1.74. The molecule has 0 radical (unpaired) electrons. The van der Waals surface area contributed by atoms with Crippen LogP contribution in [0.5, 0.6) is 0 Å². The molecule has 1 amide bonds. The average molecular weight is 394 g/mol. The molecule has 2 aromatic rings. The van der Waals surface area contributed by atoms with E-state index in [4.69, 9.17) is 0 Å². The Balaban J connectivity index is 1.34. The lowest BCUT2D eigenvalue weighted by molar-refractivity contribution is 0.0600. The number of fused-ring (bicyclic) bond motifs is 1. The fourth-order valence-electron chi connectivity index (χ4n) is 4.16. The van der Waals surface area contributed by atoms with Gasteiger partial charge in [0.05, 0.1) is 12.7 Å².